The maximum absolute atomic E-state index is 12.1. The number of aryl methyl sites for hydroxylation is 1. The summed E-state index contributed by atoms with van der Waals surface area (Å²) in [5, 5.41) is 0. The number of carbonyl (C=O) groups is 2. The highest BCUT2D eigenvalue weighted by Crippen LogP contribution is 2.45. The Morgan fingerprint density at radius 1 is 1.00 bits per heavy atom. The molecular weight excluding hydrogens is 372 g/mol. The van der Waals surface area contributed by atoms with E-state index in [1.165, 1.54) is 7.11 Å². The van der Waals surface area contributed by atoms with Crippen LogP contribution < -0.4 is 14.2 Å². The van der Waals surface area contributed by atoms with E-state index >= 15 is 0 Å². The van der Waals surface area contributed by atoms with Gasteiger partial charge in [-0.2, -0.15) is 0 Å². The van der Waals surface area contributed by atoms with Crippen molar-refractivity contribution < 1.29 is 28.5 Å². The average Bonchev–Trinajstić information content (AvgIpc) is 3.09. The van der Waals surface area contributed by atoms with Gasteiger partial charge in [-0.25, -0.2) is 4.79 Å². The van der Waals surface area contributed by atoms with Gasteiger partial charge in [0.25, 0.3) is 0 Å². The molecule has 6 nitrogen and oxygen atoms in total. The number of methoxy groups -OCH3 is 2. The van der Waals surface area contributed by atoms with Crippen molar-refractivity contribution in [1.82, 2.24) is 0 Å². The van der Waals surface area contributed by atoms with Crippen molar-refractivity contribution in [2.24, 2.45) is 5.92 Å². The Hall–Kier alpha value is -3.02. The molecule has 0 fully saturated rings. The summed E-state index contributed by atoms with van der Waals surface area (Å²) in [6, 6.07) is 9.36. The zero-order chi connectivity index (χ0) is 21.0. The summed E-state index contributed by atoms with van der Waals surface area (Å²) in [5.74, 6) is 1.27. The van der Waals surface area contributed by atoms with Crippen LogP contribution in [0.1, 0.15) is 36.2 Å². The van der Waals surface area contributed by atoms with Crippen LogP contribution in [0.2, 0.25) is 0 Å². The summed E-state index contributed by atoms with van der Waals surface area (Å²) in [6.45, 7) is 4.03. The molecule has 6 heteroatoms. The first-order valence-electron chi connectivity index (χ1n) is 9.64. The van der Waals surface area contributed by atoms with E-state index in [2.05, 4.69) is 0 Å². The van der Waals surface area contributed by atoms with Crippen LogP contribution in [0.15, 0.2) is 30.3 Å². The lowest BCUT2D eigenvalue weighted by atomic mass is 9.99. The van der Waals surface area contributed by atoms with Gasteiger partial charge >= 0.3 is 5.97 Å². The number of fused-ring (bicyclic) bond motifs is 1. The molecule has 0 saturated heterocycles. The second kappa shape index (κ2) is 8.99. The second-order valence-corrected chi connectivity index (χ2v) is 7.34. The van der Waals surface area contributed by atoms with Crippen molar-refractivity contribution in [3.05, 3.63) is 41.5 Å². The first-order valence-corrected chi connectivity index (χ1v) is 9.64. The Kier molecular flexibility index (Phi) is 6.42. The van der Waals surface area contributed by atoms with Gasteiger partial charge in [0.1, 0.15) is 0 Å². The maximum atomic E-state index is 12.1. The van der Waals surface area contributed by atoms with Crippen LogP contribution in [-0.2, 0) is 16.0 Å². The topological polar surface area (TPSA) is 71.1 Å². The average molecular weight is 398 g/mol. The molecule has 0 spiro atoms. The lowest BCUT2D eigenvalue weighted by Gasteiger charge is -2.18. The summed E-state index contributed by atoms with van der Waals surface area (Å²) in [7, 11) is 3.06. The van der Waals surface area contributed by atoms with Crippen molar-refractivity contribution >= 4 is 11.8 Å². The Morgan fingerprint density at radius 2 is 1.76 bits per heavy atom. The molecule has 154 valence electrons. The third-order valence-corrected chi connectivity index (χ3v) is 4.75. The maximum Gasteiger partial charge on any atom is 0.344 e. The minimum Gasteiger partial charge on any atom is -0.493 e. The fraction of sp³-hybridized carbons (Fsp3) is 0.391. The van der Waals surface area contributed by atoms with Crippen molar-refractivity contribution in [3.8, 4) is 28.4 Å². The van der Waals surface area contributed by atoms with Gasteiger partial charge < -0.3 is 18.9 Å². The van der Waals surface area contributed by atoms with Crippen LogP contribution in [0.4, 0.5) is 0 Å². The van der Waals surface area contributed by atoms with Crippen molar-refractivity contribution in [2.75, 3.05) is 27.4 Å². The number of ether oxygens (including phenoxy) is 4. The van der Waals surface area contributed by atoms with Gasteiger partial charge in [0.15, 0.2) is 23.9 Å². The second-order valence-electron chi connectivity index (χ2n) is 7.34. The fourth-order valence-electron chi connectivity index (χ4n) is 3.32. The van der Waals surface area contributed by atoms with Gasteiger partial charge in [0, 0.05) is 17.5 Å². The van der Waals surface area contributed by atoms with Crippen molar-refractivity contribution in [3.63, 3.8) is 0 Å². The van der Waals surface area contributed by atoms with Crippen LogP contribution in [0, 0.1) is 5.92 Å². The van der Waals surface area contributed by atoms with Gasteiger partial charge in [-0.1, -0.05) is 32.0 Å². The Balaban J connectivity index is 1.95. The summed E-state index contributed by atoms with van der Waals surface area (Å²) >= 11 is 0. The van der Waals surface area contributed by atoms with Gasteiger partial charge in [-0.15, -0.1) is 0 Å². The molecule has 0 aromatic heterocycles. The summed E-state index contributed by atoms with van der Waals surface area (Å²) in [5.41, 5.74) is 3.42. The predicted octanol–water partition coefficient (Wildman–Crippen LogP) is 4.08. The van der Waals surface area contributed by atoms with E-state index in [1.807, 2.05) is 38.1 Å². The highest BCUT2D eigenvalue weighted by Gasteiger charge is 2.23. The van der Waals surface area contributed by atoms with Crippen LogP contribution >= 0.6 is 0 Å². The van der Waals surface area contributed by atoms with Gasteiger partial charge in [0.2, 0.25) is 5.75 Å². The predicted molar refractivity (Wildman–Crippen MR) is 109 cm³/mol. The van der Waals surface area contributed by atoms with E-state index in [4.69, 9.17) is 18.9 Å². The minimum absolute atomic E-state index is 0.170. The Labute approximate surface area is 170 Å². The number of ketones is 1. The molecule has 0 amide bonds. The molecule has 0 radical (unpaired) electrons. The van der Waals surface area contributed by atoms with E-state index in [0.717, 1.165) is 28.7 Å². The quantitative estimate of drug-likeness (QED) is 0.624. The van der Waals surface area contributed by atoms with Crippen LogP contribution in [-0.4, -0.2) is 39.2 Å². The van der Waals surface area contributed by atoms with Gasteiger partial charge in [-0.05, 0) is 35.6 Å². The largest absolute Gasteiger partial charge is 0.493 e. The molecule has 0 unspecified atom stereocenters. The summed E-state index contributed by atoms with van der Waals surface area (Å²) < 4.78 is 21.9. The first-order chi connectivity index (χ1) is 13.9. The van der Waals surface area contributed by atoms with Crippen molar-refractivity contribution in [2.45, 2.75) is 26.7 Å². The van der Waals surface area contributed by atoms with Crippen LogP contribution in [0.3, 0.4) is 0 Å². The minimum atomic E-state index is -0.450. The first kappa shape index (κ1) is 20.7. The Morgan fingerprint density at radius 3 is 2.45 bits per heavy atom. The SMILES string of the molecule is COc1ccc(-c2ccc3c(c2)CCC3=O)c(OCC(=O)OCC(C)C)c1OC. The normalized spacial score (nSPS) is 12.7. The molecule has 0 aliphatic heterocycles. The molecule has 0 heterocycles. The molecule has 3 rings (SSSR count). The number of benzene rings is 2. The summed E-state index contributed by atoms with van der Waals surface area (Å²) in [4.78, 5) is 24.0. The smallest absolute Gasteiger partial charge is 0.344 e. The lowest BCUT2D eigenvalue weighted by Crippen LogP contribution is -2.18. The molecule has 0 atom stereocenters. The third-order valence-electron chi connectivity index (χ3n) is 4.75. The molecular formula is C23H26O6. The standard InChI is InChI=1S/C23H26O6/c1-14(2)12-28-21(25)13-29-22-18(8-10-20(26-3)23(22)27-4)16-5-7-17-15(11-16)6-9-19(17)24/h5,7-8,10-11,14H,6,9,12-13H2,1-4H3. The number of esters is 1. The summed E-state index contributed by atoms with van der Waals surface area (Å²) in [6.07, 6.45) is 1.27. The number of carbonyl (C=O) groups excluding carboxylic acids is 2. The molecule has 29 heavy (non-hydrogen) atoms. The monoisotopic (exact) mass is 398 g/mol. The van der Waals surface area contributed by atoms with Gasteiger partial charge in [0.05, 0.1) is 20.8 Å². The molecule has 2 aromatic carbocycles. The molecule has 0 saturated carbocycles. The lowest BCUT2D eigenvalue weighted by molar-refractivity contribution is -0.147. The van der Waals surface area contributed by atoms with Crippen molar-refractivity contribution in [1.29, 1.82) is 0 Å². The molecule has 0 N–H and O–H groups in total. The zero-order valence-corrected chi connectivity index (χ0v) is 17.2. The van der Waals surface area contributed by atoms with E-state index in [9.17, 15) is 9.59 Å². The molecule has 1 aliphatic rings. The number of rotatable bonds is 8. The highest BCUT2D eigenvalue weighted by molar-refractivity contribution is 6.01. The van der Waals surface area contributed by atoms with Crippen LogP contribution in [0.5, 0.6) is 17.2 Å². The Bertz CT molecular complexity index is 916. The van der Waals surface area contributed by atoms with E-state index in [1.54, 1.807) is 13.2 Å². The number of hydrogen-bond donors (Lipinski definition) is 0. The van der Waals surface area contributed by atoms with E-state index < -0.39 is 5.97 Å². The zero-order valence-electron chi connectivity index (χ0n) is 17.2. The molecule has 2 aromatic rings. The van der Waals surface area contributed by atoms with Crippen LogP contribution in [0.25, 0.3) is 11.1 Å². The number of hydrogen-bond acceptors (Lipinski definition) is 6. The van der Waals surface area contributed by atoms with Gasteiger partial charge in [-0.3, -0.25) is 4.79 Å². The van der Waals surface area contributed by atoms with E-state index in [-0.39, 0.29) is 18.3 Å². The van der Waals surface area contributed by atoms with E-state index in [0.29, 0.717) is 30.3 Å². The highest BCUT2D eigenvalue weighted by atomic mass is 16.6. The molecule has 1 aliphatic carbocycles. The fourth-order valence-corrected chi connectivity index (χ4v) is 3.32. The molecule has 0 bridgehead atoms. The number of Topliss-reactive ketones (excluding diaryl/α,β-unsaturated/α-hetero) is 1. The third kappa shape index (κ3) is 4.53.